The summed E-state index contributed by atoms with van der Waals surface area (Å²) in [5, 5.41) is 2.79. The van der Waals surface area contributed by atoms with E-state index in [0.717, 1.165) is 0 Å². The average molecular weight is 161 g/mol. The van der Waals surface area contributed by atoms with E-state index in [9.17, 15) is 4.79 Å². The van der Waals surface area contributed by atoms with Crippen molar-refractivity contribution in [3.8, 4) is 0 Å². The highest BCUT2D eigenvalue weighted by molar-refractivity contribution is 5.75. The zero-order chi connectivity index (χ0) is 8.69. The lowest BCUT2D eigenvalue weighted by molar-refractivity contribution is -0.146. The first-order chi connectivity index (χ1) is 5.26. The molecule has 0 saturated carbocycles. The standard InChI is InChI=1S/C7H15NO3/c1-4-11-7(9)6(8-2)5-10-3/h6,8H,4-5H2,1-3H3/t6-/m0/s1. The second-order valence-corrected chi connectivity index (χ2v) is 2.05. The number of hydrogen-bond donors (Lipinski definition) is 1. The minimum absolute atomic E-state index is 0.267. The van der Waals surface area contributed by atoms with Gasteiger partial charge < -0.3 is 14.8 Å². The van der Waals surface area contributed by atoms with Gasteiger partial charge >= 0.3 is 5.97 Å². The molecule has 0 fully saturated rings. The van der Waals surface area contributed by atoms with E-state index in [1.807, 2.05) is 0 Å². The molecule has 0 aliphatic rings. The summed E-state index contributed by atoms with van der Waals surface area (Å²) in [4.78, 5) is 11.0. The van der Waals surface area contributed by atoms with E-state index in [0.29, 0.717) is 13.2 Å². The van der Waals surface area contributed by atoms with Gasteiger partial charge in [-0.3, -0.25) is 4.79 Å². The summed E-state index contributed by atoms with van der Waals surface area (Å²) in [5.74, 6) is -0.267. The number of likely N-dealkylation sites (N-methyl/N-ethyl adjacent to an activating group) is 1. The highest BCUT2D eigenvalue weighted by Gasteiger charge is 2.16. The minimum Gasteiger partial charge on any atom is -0.465 e. The Kier molecular flexibility index (Phi) is 5.78. The Labute approximate surface area is 66.9 Å². The molecule has 0 unspecified atom stereocenters. The first kappa shape index (κ1) is 10.4. The normalized spacial score (nSPS) is 12.6. The lowest BCUT2D eigenvalue weighted by Gasteiger charge is -2.12. The largest absolute Gasteiger partial charge is 0.465 e. The zero-order valence-corrected chi connectivity index (χ0v) is 7.22. The van der Waals surface area contributed by atoms with Crippen molar-refractivity contribution >= 4 is 5.97 Å². The number of nitrogens with one attached hydrogen (secondary N) is 1. The van der Waals surface area contributed by atoms with Crippen LogP contribution < -0.4 is 5.32 Å². The first-order valence-corrected chi connectivity index (χ1v) is 3.59. The van der Waals surface area contributed by atoms with Crippen molar-refractivity contribution in [3.63, 3.8) is 0 Å². The Morgan fingerprint density at radius 3 is 2.64 bits per heavy atom. The van der Waals surface area contributed by atoms with E-state index in [-0.39, 0.29) is 12.0 Å². The van der Waals surface area contributed by atoms with E-state index in [4.69, 9.17) is 9.47 Å². The van der Waals surface area contributed by atoms with E-state index >= 15 is 0 Å². The molecule has 11 heavy (non-hydrogen) atoms. The molecule has 0 rings (SSSR count). The molecule has 0 heterocycles. The van der Waals surface area contributed by atoms with Crippen LogP contribution in [-0.2, 0) is 14.3 Å². The highest BCUT2D eigenvalue weighted by atomic mass is 16.5. The molecule has 0 radical (unpaired) electrons. The molecule has 0 amide bonds. The van der Waals surface area contributed by atoms with Crippen LogP contribution in [0.15, 0.2) is 0 Å². The van der Waals surface area contributed by atoms with Crippen molar-refractivity contribution in [2.45, 2.75) is 13.0 Å². The van der Waals surface area contributed by atoms with Gasteiger partial charge in [-0.05, 0) is 14.0 Å². The van der Waals surface area contributed by atoms with Gasteiger partial charge in [0.15, 0.2) is 0 Å². The summed E-state index contributed by atoms with van der Waals surface area (Å²) in [6.45, 7) is 2.52. The molecule has 0 aromatic rings. The molecule has 1 atom stereocenters. The van der Waals surface area contributed by atoms with Gasteiger partial charge in [0.2, 0.25) is 0 Å². The molecule has 0 aliphatic carbocycles. The van der Waals surface area contributed by atoms with Crippen LogP contribution >= 0.6 is 0 Å². The molecule has 0 aromatic heterocycles. The summed E-state index contributed by atoms with van der Waals surface area (Å²) in [5.41, 5.74) is 0. The Balaban J connectivity index is 3.71. The number of methoxy groups -OCH3 is 1. The van der Waals surface area contributed by atoms with Crippen LogP contribution in [0.3, 0.4) is 0 Å². The Morgan fingerprint density at radius 1 is 1.64 bits per heavy atom. The molecule has 0 spiro atoms. The van der Waals surface area contributed by atoms with Gasteiger partial charge in [-0.25, -0.2) is 0 Å². The van der Waals surface area contributed by atoms with Crippen LogP contribution in [0.2, 0.25) is 0 Å². The number of carbonyl (C=O) groups excluding carboxylic acids is 1. The van der Waals surface area contributed by atoms with Crippen LogP contribution in [0.4, 0.5) is 0 Å². The van der Waals surface area contributed by atoms with Crippen molar-refractivity contribution in [2.24, 2.45) is 0 Å². The number of hydrogen-bond acceptors (Lipinski definition) is 4. The maximum absolute atomic E-state index is 11.0. The number of rotatable bonds is 5. The Bertz CT molecular complexity index is 116. The zero-order valence-electron chi connectivity index (χ0n) is 7.22. The van der Waals surface area contributed by atoms with Gasteiger partial charge in [0.25, 0.3) is 0 Å². The van der Waals surface area contributed by atoms with Crippen LogP contribution in [0.5, 0.6) is 0 Å². The Hall–Kier alpha value is -0.610. The molecule has 0 aliphatic heterocycles. The second-order valence-electron chi connectivity index (χ2n) is 2.05. The maximum Gasteiger partial charge on any atom is 0.325 e. The lowest BCUT2D eigenvalue weighted by atomic mass is 10.3. The first-order valence-electron chi connectivity index (χ1n) is 3.59. The Morgan fingerprint density at radius 2 is 2.27 bits per heavy atom. The SMILES string of the molecule is CCOC(=O)[C@H](COC)NC. The smallest absolute Gasteiger partial charge is 0.325 e. The van der Waals surface area contributed by atoms with Crippen molar-refractivity contribution in [1.29, 1.82) is 0 Å². The molecule has 1 N–H and O–H groups in total. The van der Waals surface area contributed by atoms with Gasteiger partial charge in [-0.15, -0.1) is 0 Å². The van der Waals surface area contributed by atoms with Crippen molar-refractivity contribution in [1.82, 2.24) is 5.32 Å². The fourth-order valence-corrected chi connectivity index (χ4v) is 0.679. The fraction of sp³-hybridized carbons (Fsp3) is 0.857. The topological polar surface area (TPSA) is 47.6 Å². The quantitative estimate of drug-likeness (QED) is 0.566. The summed E-state index contributed by atoms with van der Waals surface area (Å²) in [7, 11) is 3.24. The summed E-state index contributed by atoms with van der Waals surface area (Å²) in [6, 6.07) is -0.347. The molecule has 66 valence electrons. The van der Waals surface area contributed by atoms with Crippen LogP contribution in [-0.4, -0.2) is 39.4 Å². The molecule has 4 nitrogen and oxygen atoms in total. The fourth-order valence-electron chi connectivity index (χ4n) is 0.679. The average Bonchev–Trinajstić information content (AvgIpc) is 2.00. The van der Waals surface area contributed by atoms with Crippen molar-refractivity contribution < 1.29 is 14.3 Å². The molecular weight excluding hydrogens is 146 g/mol. The van der Waals surface area contributed by atoms with E-state index in [1.54, 1.807) is 21.1 Å². The van der Waals surface area contributed by atoms with Crippen molar-refractivity contribution in [2.75, 3.05) is 27.4 Å². The van der Waals surface area contributed by atoms with Gasteiger partial charge in [-0.2, -0.15) is 0 Å². The maximum atomic E-state index is 11.0. The van der Waals surface area contributed by atoms with E-state index in [2.05, 4.69) is 5.32 Å². The molecular formula is C7H15NO3. The van der Waals surface area contributed by atoms with Crippen molar-refractivity contribution in [3.05, 3.63) is 0 Å². The van der Waals surface area contributed by atoms with Gasteiger partial charge in [0.1, 0.15) is 6.04 Å². The third kappa shape index (κ3) is 3.95. The van der Waals surface area contributed by atoms with Gasteiger partial charge in [0, 0.05) is 7.11 Å². The summed E-state index contributed by atoms with van der Waals surface area (Å²) < 4.78 is 9.57. The lowest BCUT2D eigenvalue weighted by Crippen LogP contribution is -2.39. The monoisotopic (exact) mass is 161 g/mol. The van der Waals surface area contributed by atoms with Crippen LogP contribution in [0.1, 0.15) is 6.92 Å². The predicted molar refractivity (Wildman–Crippen MR) is 41.4 cm³/mol. The van der Waals surface area contributed by atoms with Crippen LogP contribution in [0, 0.1) is 0 Å². The number of ether oxygens (including phenoxy) is 2. The molecule has 0 saturated heterocycles. The minimum atomic E-state index is -0.347. The van der Waals surface area contributed by atoms with E-state index < -0.39 is 0 Å². The number of carbonyl (C=O) groups is 1. The third-order valence-corrected chi connectivity index (χ3v) is 1.25. The van der Waals surface area contributed by atoms with Crippen LogP contribution in [0.25, 0.3) is 0 Å². The predicted octanol–water partition coefficient (Wildman–Crippen LogP) is -0.216. The third-order valence-electron chi connectivity index (χ3n) is 1.25. The van der Waals surface area contributed by atoms with Gasteiger partial charge in [-0.1, -0.05) is 0 Å². The highest BCUT2D eigenvalue weighted by Crippen LogP contribution is 1.88. The van der Waals surface area contributed by atoms with E-state index in [1.165, 1.54) is 0 Å². The molecule has 0 bridgehead atoms. The summed E-state index contributed by atoms with van der Waals surface area (Å²) >= 11 is 0. The molecule has 4 heteroatoms. The summed E-state index contributed by atoms with van der Waals surface area (Å²) in [6.07, 6.45) is 0. The molecule has 0 aromatic carbocycles. The van der Waals surface area contributed by atoms with Gasteiger partial charge in [0.05, 0.1) is 13.2 Å². The number of esters is 1. The second kappa shape index (κ2) is 6.12.